The Labute approximate surface area is 128 Å². The van der Waals surface area contributed by atoms with Gasteiger partial charge in [-0.15, -0.1) is 0 Å². The quantitative estimate of drug-likeness (QED) is 0.721. The highest BCUT2D eigenvalue weighted by Crippen LogP contribution is 2.35. The van der Waals surface area contributed by atoms with E-state index in [9.17, 15) is 9.59 Å². The molecule has 0 saturated carbocycles. The van der Waals surface area contributed by atoms with Crippen LogP contribution in [0.3, 0.4) is 0 Å². The van der Waals surface area contributed by atoms with Crippen molar-refractivity contribution in [1.29, 1.82) is 0 Å². The Hall–Kier alpha value is -0.340. The van der Waals surface area contributed by atoms with Gasteiger partial charge in [0.15, 0.2) is 5.12 Å². The second-order valence-electron chi connectivity index (χ2n) is 3.89. The molecule has 18 heavy (non-hydrogen) atoms. The Bertz CT molecular complexity index is 492. The SMILES string of the molecule is CC(=O)SC1CC(=O)N(c2c(Cl)cncc2I)C1. The minimum Gasteiger partial charge on any atom is -0.309 e. The Morgan fingerprint density at radius 3 is 2.94 bits per heavy atom. The summed E-state index contributed by atoms with van der Waals surface area (Å²) in [5, 5.41) is 0.504. The van der Waals surface area contributed by atoms with Crippen molar-refractivity contribution in [2.75, 3.05) is 11.4 Å². The summed E-state index contributed by atoms with van der Waals surface area (Å²) < 4.78 is 0.835. The first kappa shape index (κ1) is 14.1. The Morgan fingerprint density at radius 2 is 2.33 bits per heavy atom. The largest absolute Gasteiger partial charge is 0.309 e. The average Bonchev–Trinajstić information content (AvgIpc) is 2.58. The minimum absolute atomic E-state index is 0.000217. The summed E-state index contributed by atoms with van der Waals surface area (Å²) in [6, 6.07) is 0. The van der Waals surface area contributed by atoms with Gasteiger partial charge in [-0.25, -0.2) is 0 Å². The third-order valence-electron chi connectivity index (χ3n) is 2.52. The third-order valence-corrected chi connectivity index (χ3v) is 4.57. The number of thioether (sulfide) groups is 1. The highest BCUT2D eigenvalue weighted by atomic mass is 127. The van der Waals surface area contributed by atoms with Crippen LogP contribution in [0, 0.1) is 3.57 Å². The number of aromatic nitrogens is 1. The van der Waals surface area contributed by atoms with Gasteiger partial charge in [0.2, 0.25) is 5.91 Å². The first-order chi connectivity index (χ1) is 8.49. The lowest BCUT2D eigenvalue weighted by Gasteiger charge is -2.19. The molecule has 0 spiro atoms. The summed E-state index contributed by atoms with van der Waals surface area (Å²) in [5.41, 5.74) is 0.698. The van der Waals surface area contributed by atoms with Crippen molar-refractivity contribution >= 4 is 62.7 Å². The van der Waals surface area contributed by atoms with Gasteiger partial charge < -0.3 is 4.90 Å². The van der Waals surface area contributed by atoms with Crippen LogP contribution < -0.4 is 4.90 Å². The summed E-state index contributed by atoms with van der Waals surface area (Å²) in [4.78, 5) is 28.7. The van der Waals surface area contributed by atoms with E-state index in [-0.39, 0.29) is 16.3 Å². The number of carbonyl (C=O) groups excluding carboxylic acids is 2. The zero-order chi connectivity index (χ0) is 13.3. The van der Waals surface area contributed by atoms with Crippen molar-refractivity contribution in [3.63, 3.8) is 0 Å². The number of halogens is 2. The van der Waals surface area contributed by atoms with Crippen molar-refractivity contribution in [3.8, 4) is 0 Å². The molecular formula is C11H10ClIN2O2S. The molecule has 1 unspecified atom stereocenters. The van der Waals surface area contributed by atoms with E-state index in [1.807, 2.05) is 0 Å². The molecule has 1 aromatic heterocycles. The van der Waals surface area contributed by atoms with Crippen LogP contribution in [0.15, 0.2) is 12.4 Å². The maximum Gasteiger partial charge on any atom is 0.228 e. The zero-order valence-electron chi connectivity index (χ0n) is 9.52. The number of carbonyl (C=O) groups is 2. The summed E-state index contributed by atoms with van der Waals surface area (Å²) in [5.74, 6) is -0.000217. The molecule has 96 valence electrons. The van der Waals surface area contributed by atoms with E-state index in [1.165, 1.54) is 24.9 Å². The van der Waals surface area contributed by atoms with Gasteiger partial charge >= 0.3 is 0 Å². The van der Waals surface area contributed by atoms with Gasteiger partial charge in [-0.05, 0) is 22.6 Å². The smallest absolute Gasteiger partial charge is 0.228 e. The van der Waals surface area contributed by atoms with Crippen LogP contribution in [0.25, 0.3) is 0 Å². The molecule has 4 nitrogen and oxygen atoms in total. The predicted molar refractivity (Wildman–Crippen MR) is 81.0 cm³/mol. The number of pyridine rings is 1. The van der Waals surface area contributed by atoms with Gasteiger partial charge in [0.25, 0.3) is 0 Å². The standard InChI is InChI=1S/C11H10ClIN2O2S/c1-6(16)18-7-2-10(17)15(5-7)11-8(12)3-14-4-9(11)13/h3-4,7H,2,5H2,1H3. The summed E-state index contributed by atoms with van der Waals surface area (Å²) in [7, 11) is 0. The molecule has 0 bridgehead atoms. The van der Waals surface area contributed by atoms with E-state index in [1.54, 1.807) is 11.1 Å². The van der Waals surface area contributed by atoms with Crippen LogP contribution in [0.4, 0.5) is 5.69 Å². The second kappa shape index (κ2) is 5.75. The molecule has 0 aliphatic carbocycles. The van der Waals surface area contributed by atoms with Gasteiger partial charge in [0, 0.05) is 37.5 Å². The number of hydrogen-bond acceptors (Lipinski definition) is 4. The van der Waals surface area contributed by atoms with E-state index in [0.717, 1.165) is 3.57 Å². The monoisotopic (exact) mass is 396 g/mol. The van der Waals surface area contributed by atoms with Crippen molar-refractivity contribution < 1.29 is 9.59 Å². The van der Waals surface area contributed by atoms with Gasteiger partial charge in [-0.1, -0.05) is 23.4 Å². The third kappa shape index (κ3) is 2.97. The minimum atomic E-state index is -0.000217. The Morgan fingerprint density at radius 1 is 1.61 bits per heavy atom. The molecule has 1 aliphatic rings. The molecule has 1 fully saturated rings. The maximum absolute atomic E-state index is 12.0. The number of anilines is 1. The number of rotatable bonds is 2. The van der Waals surface area contributed by atoms with Gasteiger partial charge in [0.05, 0.1) is 14.3 Å². The fourth-order valence-corrected chi connectivity index (χ4v) is 3.95. The van der Waals surface area contributed by atoms with Crippen molar-refractivity contribution in [2.45, 2.75) is 18.6 Å². The molecule has 1 aliphatic heterocycles. The fraction of sp³-hybridized carbons (Fsp3) is 0.364. The van der Waals surface area contributed by atoms with E-state index in [2.05, 4.69) is 27.6 Å². The zero-order valence-corrected chi connectivity index (χ0v) is 13.3. The lowest BCUT2D eigenvalue weighted by molar-refractivity contribution is -0.117. The first-order valence-electron chi connectivity index (χ1n) is 5.25. The maximum atomic E-state index is 12.0. The van der Waals surface area contributed by atoms with Crippen molar-refractivity contribution in [3.05, 3.63) is 21.0 Å². The van der Waals surface area contributed by atoms with Gasteiger partial charge in [0.1, 0.15) is 0 Å². The normalized spacial score (nSPS) is 19.4. The Balaban J connectivity index is 2.24. The van der Waals surface area contributed by atoms with Crippen LogP contribution in [-0.4, -0.2) is 27.8 Å². The van der Waals surface area contributed by atoms with Crippen LogP contribution in [0.1, 0.15) is 13.3 Å². The van der Waals surface area contributed by atoms with Crippen LogP contribution >= 0.6 is 46.0 Å². The summed E-state index contributed by atoms with van der Waals surface area (Å²) in [6.07, 6.45) is 3.57. The van der Waals surface area contributed by atoms with E-state index in [4.69, 9.17) is 11.6 Å². The molecule has 1 atom stereocenters. The molecule has 0 aromatic carbocycles. The molecule has 0 N–H and O–H groups in total. The molecule has 1 amide bonds. The fourth-order valence-electron chi connectivity index (χ4n) is 1.87. The van der Waals surface area contributed by atoms with Gasteiger partial charge in [-0.2, -0.15) is 0 Å². The highest BCUT2D eigenvalue weighted by molar-refractivity contribution is 14.1. The number of hydrogen-bond donors (Lipinski definition) is 0. The summed E-state index contributed by atoms with van der Waals surface area (Å²) in [6.45, 7) is 2.03. The summed E-state index contributed by atoms with van der Waals surface area (Å²) >= 11 is 9.41. The molecule has 2 heterocycles. The van der Waals surface area contributed by atoms with Crippen LogP contribution in [-0.2, 0) is 9.59 Å². The molecule has 0 radical (unpaired) electrons. The van der Waals surface area contributed by atoms with Crippen LogP contribution in [0.2, 0.25) is 5.02 Å². The lowest BCUT2D eigenvalue weighted by Crippen LogP contribution is -2.26. The first-order valence-corrected chi connectivity index (χ1v) is 7.59. The molecular weight excluding hydrogens is 387 g/mol. The molecule has 1 saturated heterocycles. The highest BCUT2D eigenvalue weighted by Gasteiger charge is 2.33. The van der Waals surface area contributed by atoms with E-state index in [0.29, 0.717) is 23.7 Å². The van der Waals surface area contributed by atoms with Gasteiger partial charge in [-0.3, -0.25) is 14.6 Å². The Kier molecular flexibility index (Phi) is 4.50. The topological polar surface area (TPSA) is 50.3 Å². The number of nitrogens with zero attached hydrogens (tertiary/aromatic N) is 2. The van der Waals surface area contributed by atoms with Crippen molar-refractivity contribution in [2.24, 2.45) is 0 Å². The average molecular weight is 397 g/mol. The molecule has 2 rings (SSSR count). The molecule has 7 heteroatoms. The van der Waals surface area contributed by atoms with Crippen LogP contribution in [0.5, 0.6) is 0 Å². The predicted octanol–water partition coefficient (Wildman–Crippen LogP) is 2.72. The van der Waals surface area contributed by atoms with E-state index >= 15 is 0 Å². The number of amides is 1. The lowest BCUT2D eigenvalue weighted by atomic mass is 10.3. The molecule has 1 aromatic rings. The van der Waals surface area contributed by atoms with Crippen molar-refractivity contribution in [1.82, 2.24) is 4.98 Å². The second-order valence-corrected chi connectivity index (χ2v) is 6.94. The van der Waals surface area contributed by atoms with E-state index < -0.39 is 0 Å².